The number of carbonyl (C=O) groups is 2. The average molecular weight is 396 g/mol. The fourth-order valence-electron chi connectivity index (χ4n) is 2.67. The predicted molar refractivity (Wildman–Crippen MR) is 114 cm³/mol. The molecule has 0 unspecified atom stereocenters. The van der Waals surface area contributed by atoms with Gasteiger partial charge >= 0.3 is 0 Å². The molecule has 0 aliphatic carbocycles. The Morgan fingerprint density at radius 2 is 1.83 bits per heavy atom. The van der Waals surface area contributed by atoms with Crippen LogP contribution in [-0.2, 0) is 11.3 Å². The van der Waals surface area contributed by atoms with Gasteiger partial charge in [0.2, 0.25) is 5.91 Å². The van der Waals surface area contributed by atoms with Gasteiger partial charge < -0.3 is 19.7 Å². The average Bonchev–Trinajstić information content (AvgIpc) is 2.76. The van der Waals surface area contributed by atoms with E-state index in [1.165, 1.54) is 6.08 Å². The Balaban J connectivity index is 1.99. The first-order chi connectivity index (χ1) is 14.0. The highest BCUT2D eigenvalue weighted by Gasteiger charge is 2.08. The summed E-state index contributed by atoms with van der Waals surface area (Å²) in [7, 11) is 4.92. The van der Waals surface area contributed by atoms with Crippen LogP contribution in [0.15, 0.2) is 48.5 Å². The van der Waals surface area contributed by atoms with Gasteiger partial charge in [-0.3, -0.25) is 9.59 Å². The highest BCUT2D eigenvalue weighted by molar-refractivity contribution is 5.94. The van der Waals surface area contributed by atoms with E-state index in [1.54, 1.807) is 44.3 Å². The second-order valence-corrected chi connectivity index (χ2v) is 6.56. The first-order valence-corrected chi connectivity index (χ1v) is 9.53. The Morgan fingerprint density at radius 3 is 2.45 bits per heavy atom. The zero-order chi connectivity index (χ0) is 21.2. The molecule has 0 saturated carbocycles. The van der Waals surface area contributed by atoms with Crippen LogP contribution < -0.4 is 14.8 Å². The van der Waals surface area contributed by atoms with Crippen molar-refractivity contribution in [3.8, 4) is 11.5 Å². The van der Waals surface area contributed by atoms with Crippen molar-refractivity contribution in [2.24, 2.45) is 0 Å². The Kier molecular flexibility index (Phi) is 8.27. The fraction of sp³-hybridized carbons (Fsp3) is 0.304. The van der Waals surface area contributed by atoms with Gasteiger partial charge in [-0.15, -0.1) is 0 Å². The van der Waals surface area contributed by atoms with Crippen molar-refractivity contribution in [3.63, 3.8) is 0 Å². The van der Waals surface area contributed by atoms with Gasteiger partial charge in [0.1, 0.15) is 0 Å². The molecule has 0 aromatic heterocycles. The lowest BCUT2D eigenvalue weighted by molar-refractivity contribution is -0.125. The van der Waals surface area contributed by atoms with E-state index in [0.717, 1.165) is 17.5 Å². The van der Waals surface area contributed by atoms with Crippen molar-refractivity contribution in [1.29, 1.82) is 0 Å². The van der Waals surface area contributed by atoms with Crippen molar-refractivity contribution < 1.29 is 19.1 Å². The number of hydrogen-bond donors (Lipinski definition) is 1. The van der Waals surface area contributed by atoms with E-state index in [0.29, 0.717) is 30.2 Å². The van der Waals surface area contributed by atoms with Crippen molar-refractivity contribution in [1.82, 2.24) is 10.2 Å². The molecule has 0 radical (unpaired) electrons. The third-order valence-corrected chi connectivity index (χ3v) is 4.31. The van der Waals surface area contributed by atoms with E-state index >= 15 is 0 Å². The van der Waals surface area contributed by atoms with Gasteiger partial charge in [0.15, 0.2) is 11.5 Å². The monoisotopic (exact) mass is 396 g/mol. The fourth-order valence-corrected chi connectivity index (χ4v) is 2.67. The minimum Gasteiger partial charge on any atom is -0.493 e. The predicted octanol–water partition coefficient (Wildman–Crippen LogP) is 3.52. The third kappa shape index (κ3) is 6.38. The maximum atomic E-state index is 12.4. The molecule has 154 valence electrons. The number of rotatable bonds is 9. The van der Waals surface area contributed by atoms with Crippen LogP contribution in [0.25, 0.3) is 6.08 Å². The summed E-state index contributed by atoms with van der Waals surface area (Å²) in [4.78, 5) is 25.6. The number of likely N-dealkylation sites (N-methyl/N-ethyl adjacent to an activating group) is 1. The molecule has 6 nitrogen and oxygen atoms in total. The maximum Gasteiger partial charge on any atom is 0.251 e. The van der Waals surface area contributed by atoms with E-state index in [2.05, 4.69) is 5.32 Å². The number of nitrogens with zero attached hydrogens (tertiary/aromatic N) is 1. The quantitative estimate of drug-likeness (QED) is 0.659. The van der Waals surface area contributed by atoms with Crippen LogP contribution in [0.1, 0.15) is 34.8 Å². The SMILES string of the molecule is CCCOc1ccc(/C=C/C(=O)N(C)Cc2ccc(C(=O)NC)cc2)cc1OC. The number of amides is 2. The van der Waals surface area contributed by atoms with Crippen molar-refractivity contribution in [2.75, 3.05) is 27.8 Å². The summed E-state index contributed by atoms with van der Waals surface area (Å²) >= 11 is 0. The molecule has 6 heteroatoms. The lowest BCUT2D eigenvalue weighted by Gasteiger charge is -2.15. The summed E-state index contributed by atoms with van der Waals surface area (Å²) in [6.45, 7) is 3.12. The Morgan fingerprint density at radius 1 is 1.10 bits per heavy atom. The van der Waals surface area contributed by atoms with Gasteiger partial charge in [-0.1, -0.05) is 25.1 Å². The molecule has 0 saturated heterocycles. The zero-order valence-electron chi connectivity index (χ0n) is 17.4. The van der Waals surface area contributed by atoms with Gasteiger partial charge in [0.05, 0.1) is 13.7 Å². The second kappa shape index (κ2) is 10.9. The Labute approximate surface area is 172 Å². The second-order valence-electron chi connectivity index (χ2n) is 6.56. The van der Waals surface area contributed by atoms with Gasteiger partial charge in [-0.05, 0) is 47.9 Å². The number of carbonyl (C=O) groups excluding carboxylic acids is 2. The van der Waals surface area contributed by atoms with Crippen LogP contribution >= 0.6 is 0 Å². The van der Waals surface area contributed by atoms with E-state index in [-0.39, 0.29) is 11.8 Å². The Bertz CT molecular complexity index is 860. The van der Waals surface area contributed by atoms with E-state index in [4.69, 9.17) is 9.47 Å². The summed E-state index contributed by atoms with van der Waals surface area (Å²) < 4.78 is 11.0. The molecule has 2 aromatic rings. The normalized spacial score (nSPS) is 10.6. The molecule has 0 spiro atoms. The standard InChI is InChI=1S/C23H28N2O4/c1-5-14-29-20-12-8-17(15-21(20)28-4)9-13-22(26)25(3)16-18-6-10-19(11-7-18)23(27)24-2/h6-13,15H,5,14,16H2,1-4H3,(H,24,27)/b13-9+. The van der Waals surface area contributed by atoms with Crippen LogP contribution in [0, 0.1) is 0 Å². The lowest BCUT2D eigenvalue weighted by atomic mass is 10.1. The molecule has 0 bridgehead atoms. The lowest BCUT2D eigenvalue weighted by Crippen LogP contribution is -2.24. The number of nitrogens with one attached hydrogen (secondary N) is 1. The molecule has 0 atom stereocenters. The number of benzene rings is 2. The van der Waals surface area contributed by atoms with Crippen LogP contribution in [-0.4, -0.2) is 44.5 Å². The third-order valence-electron chi connectivity index (χ3n) is 4.31. The molecule has 0 aliphatic heterocycles. The molecular weight excluding hydrogens is 368 g/mol. The van der Waals surface area contributed by atoms with Crippen molar-refractivity contribution >= 4 is 17.9 Å². The highest BCUT2D eigenvalue weighted by atomic mass is 16.5. The molecule has 2 aromatic carbocycles. The van der Waals surface area contributed by atoms with E-state index in [9.17, 15) is 9.59 Å². The van der Waals surface area contributed by atoms with Gasteiger partial charge in [0, 0.05) is 32.3 Å². The molecule has 2 amide bonds. The van der Waals surface area contributed by atoms with Crippen LogP contribution in [0.4, 0.5) is 0 Å². The smallest absolute Gasteiger partial charge is 0.251 e. The first kappa shape index (κ1) is 22.0. The van der Waals surface area contributed by atoms with Crippen LogP contribution in [0.2, 0.25) is 0 Å². The Hall–Kier alpha value is -3.28. The highest BCUT2D eigenvalue weighted by Crippen LogP contribution is 2.28. The van der Waals surface area contributed by atoms with Crippen molar-refractivity contribution in [3.05, 3.63) is 65.2 Å². The van der Waals surface area contributed by atoms with E-state index in [1.807, 2.05) is 37.3 Å². The summed E-state index contributed by atoms with van der Waals surface area (Å²) in [6, 6.07) is 12.8. The van der Waals surface area contributed by atoms with Gasteiger partial charge in [0.25, 0.3) is 5.91 Å². The molecule has 0 fully saturated rings. The number of ether oxygens (including phenoxy) is 2. The molecule has 2 rings (SSSR count). The largest absolute Gasteiger partial charge is 0.493 e. The van der Waals surface area contributed by atoms with Gasteiger partial charge in [-0.2, -0.15) is 0 Å². The van der Waals surface area contributed by atoms with Crippen LogP contribution in [0.5, 0.6) is 11.5 Å². The first-order valence-electron chi connectivity index (χ1n) is 9.53. The molecule has 0 aliphatic rings. The number of hydrogen-bond acceptors (Lipinski definition) is 4. The topological polar surface area (TPSA) is 67.9 Å². The van der Waals surface area contributed by atoms with Gasteiger partial charge in [-0.25, -0.2) is 0 Å². The van der Waals surface area contributed by atoms with Crippen molar-refractivity contribution in [2.45, 2.75) is 19.9 Å². The molecule has 1 N–H and O–H groups in total. The van der Waals surface area contributed by atoms with E-state index < -0.39 is 0 Å². The maximum absolute atomic E-state index is 12.4. The summed E-state index contributed by atoms with van der Waals surface area (Å²) in [5.41, 5.74) is 2.38. The summed E-state index contributed by atoms with van der Waals surface area (Å²) in [5, 5.41) is 2.58. The minimum atomic E-state index is -0.134. The molecular formula is C23H28N2O4. The zero-order valence-corrected chi connectivity index (χ0v) is 17.4. The molecule has 29 heavy (non-hydrogen) atoms. The summed E-state index contributed by atoms with van der Waals surface area (Å²) in [6.07, 6.45) is 4.19. The summed E-state index contributed by atoms with van der Waals surface area (Å²) in [5.74, 6) is 1.07. The minimum absolute atomic E-state index is 0.120. The molecule has 0 heterocycles. The number of methoxy groups -OCH3 is 1. The van der Waals surface area contributed by atoms with Crippen LogP contribution in [0.3, 0.4) is 0 Å².